The highest BCUT2D eigenvalue weighted by Crippen LogP contribution is 2.39. The van der Waals surface area contributed by atoms with Crippen LogP contribution in [0.5, 0.6) is 5.75 Å². The highest BCUT2D eigenvalue weighted by molar-refractivity contribution is 6.00. The molecule has 0 unspecified atom stereocenters. The van der Waals surface area contributed by atoms with Crippen molar-refractivity contribution < 1.29 is 28.6 Å². The molecule has 6 heterocycles. The summed E-state index contributed by atoms with van der Waals surface area (Å²) >= 11 is 0. The van der Waals surface area contributed by atoms with Crippen LogP contribution in [-0.4, -0.2) is 203 Å². The average molecular weight is 1730 g/mol. The molecule has 6 N–H and O–H groups in total. The van der Waals surface area contributed by atoms with Crippen LogP contribution in [0.3, 0.4) is 0 Å². The predicted molar refractivity (Wildman–Crippen MR) is 517 cm³/mol. The summed E-state index contributed by atoms with van der Waals surface area (Å²) in [4.78, 5) is 104. The third-order valence-corrected chi connectivity index (χ3v) is 26.5. The van der Waals surface area contributed by atoms with Crippen molar-refractivity contribution in [2.45, 2.75) is 256 Å². The highest BCUT2D eigenvalue weighted by atomic mass is 16.5. The van der Waals surface area contributed by atoms with E-state index in [0.29, 0.717) is 76.1 Å². The first kappa shape index (κ1) is 100.0. The van der Waals surface area contributed by atoms with E-state index in [1.54, 1.807) is 7.11 Å². The largest absolute Gasteiger partial charge is 0.494 e. The fraction of sp³-hybridized carbons (Fsp3) is 0.558. The Labute approximate surface area is 752 Å². The molecule has 2 saturated carbocycles. The molecule has 7 aromatic rings. The van der Waals surface area contributed by atoms with E-state index in [9.17, 15) is 28.8 Å². The molecule has 3 saturated heterocycles. The van der Waals surface area contributed by atoms with Gasteiger partial charge < -0.3 is 74.5 Å². The summed E-state index contributed by atoms with van der Waals surface area (Å²) in [5.74, 6) is 14.4. The lowest BCUT2D eigenvalue weighted by molar-refractivity contribution is 0.0845. The van der Waals surface area contributed by atoms with Crippen molar-refractivity contribution in [1.29, 1.82) is 0 Å². The van der Waals surface area contributed by atoms with Gasteiger partial charge in [-0.25, -0.2) is 0 Å². The molecule has 3 aliphatic heterocycles. The molecule has 5 fully saturated rings. The first-order valence-corrected chi connectivity index (χ1v) is 46.3. The van der Waals surface area contributed by atoms with Gasteiger partial charge >= 0.3 is 0 Å². The SMILES string of the molecule is C.CCCCOc1ccc(-c2cc(C(=O)NCc3c(C)cc(C)[nH]c3=O)c(C)c(N(CC)C3CCC(N(C)C)CC3)c2)cc1.CCN(c1cc(C#CC2CCN(C)CC2)cc(C(=O)NCc2c(C)cc(C)[nH]c2=O)c1C)C1CCOCC1.CCN(c1cc(C#CCN2CCCCC2)cc(C(=O)NCc2c(C)cc(C)[nH]c2=O)c1C)C1CCC(N(C)CCOC)CC1. The van der Waals surface area contributed by atoms with Crippen molar-refractivity contribution in [2.24, 2.45) is 5.92 Å². The number of unbranched alkanes of at least 4 members (excludes halogenated alkanes) is 1. The zero-order chi connectivity index (χ0) is 90.0. The number of H-pyrrole nitrogens is 3. The fourth-order valence-electron chi connectivity index (χ4n) is 18.9. The molecule has 0 atom stereocenters. The number of aryl methyl sites for hydroxylation is 6. The summed E-state index contributed by atoms with van der Waals surface area (Å²) in [6, 6.07) is 28.8. The molecule has 22 nitrogen and oxygen atoms in total. The Balaban J connectivity index is 0.000000214. The van der Waals surface area contributed by atoms with Gasteiger partial charge in [0.05, 0.1) is 19.8 Å². The van der Waals surface area contributed by atoms with Gasteiger partial charge in [-0.2, -0.15) is 0 Å². The zero-order valence-corrected chi connectivity index (χ0v) is 78.6. The Hall–Kier alpha value is -9.78. The number of carbonyl (C=O) groups is 3. The number of likely N-dealkylation sites (tertiary alicyclic amines) is 2. The van der Waals surface area contributed by atoms with Crippen LogP contribution in [0, 0.1) is 91.9 Å². The average Bonchev–Trinajstić information content (AvgIpc) is 0.792. The fourth-order valence-corrected chi connectivity index (χ4v) is 18.9. The van der Waals surface area contributed by atoms with Crippen LogP contribution in [0.4, 0.5) is 17.1 Å². The van der Waals surface area contributed by atoms with Crippen LogP contribution in [-0.2, 0) is 29.1 Å². The predicted octanol–water partition coefficient (Wildman–Crippen LogP) is 16.1. The van der Waals surface area contributed by atoms with E-state index in [1.807, 2.05) is 104 Å². The van der Waals surface area contributed by atoms with Gasteiger partial charge in [0.2, 0.25) is 0 Å². The molecule has 4 aromatic carbocycles. The molecule has 12 rings (SSSR count). The summed E-state index contributed by atoms with van der Waals surface area (Å²) in [6.07, 6.45) is 19.1. The minimum absolute atomic E-state index is 0. The molecule has 5 aliphatic rings. The van der Waals surface area contributed by atoms with E-state index in [-0.39, 0.29) is 61.5 Å². The third-order valence-electron chi connectivity index (χ3n) is 26.5. The van der Waals surface area contributed by atoms with Crippen LogP contribution < -0.4 is 52.1 Å². The summed E-state index contributed by atoms with van der Waals surface area (Å²) < 4.78 is 16.8. The number of nitrogens with one attached hydrogen (secondary N) is 6. The molecule has 0 radical (unpaired) electrons. The number of methoxy groups -OCH3 is 1. The van der Waals surface area contributed by atoms with Crippen LogP contribution in [0.1, 0.15) is 254 Å². The first-order chi connectivity index (χ1) is 60.1. The van der Waals surface area contributed by atoms with Crippen molar-refractivity contribution >= 4 is 34.8 Å². The van der Waals surface area contributed by atoms with Crippen molar-refractivity contribution in [3.05, 3.63) is 205 Å². The molecule has 2 aliphatic carbocycles. The second-order valence-electron chi connectivity index (χ2n) is 35.7. The number of ether oxygens (including phenoxy) is 3. The monoisotopic (exact) mass is 1720 g/mol. The Kier molecular flexibility index (Phi) is 38.9. The maximum absolute atomic E-state index is 13.8. The van der Waals surface area contributed by atoms with Gasteiger partial charge in [-0.3, -0.25) is 33.7 Å². The number of carbonyl (C=O) groups excluding carboxylic acids is 3. The van der Waals surface area contributed by atoms with Gasteiger partial charge in [-0.05, 0) is 345 Å². The number of piperidine rings is 2. The van der Waals surface area contributed by atoms with Crippen LogP contribution in [0.25, 0.3) is 11.1 Å². The number of benzene rings is 4. The van der Waals surface area contributed by atoms with Gasteiger partial charge in [0.25, 0.3) is 34.4 Å². The molecular weight excluding hydrogens is 1580 g/mol. The first-order valence-electron chi connectivity index (χ1n) is 46.3. The minimum Gasteiger partial charge on any atom is -0.494 e. The lowest BCUT2D eigenvalue weighted by Gasteiger charge is -2.41. The third kappa shape index (κ3) is 27.4. The number of hydrogen-bond acceptors (Lipinski definition) is 16. The minimum atomic E-state index is -0.186. The smallest absolute Gasteiger partial charge is 0.253 e. The second-order valence-corrected chi connectivity index (χ2v) is 35.7. The second kappa shape index (κ2) is 49.0. The maximum atomic E-state index is 13.8. The lowest BCUT2D eigenvalue weighted by Crippen LogP contribution is -2.44. The number of aromatic nitrogens is 3. The Morgan fingerprint density at radius 2 is 0.913 bits per heavy atom. The van der Waals surface area contributed by atoms with Crippen LogP contribution >= 0.6 is 0 Å². The number of amides is 3. The standard InChI is InChI=1S/C36H53N5O3.C36H50N4O3.C31H42N4O3.CH4/c1-7-41(31-15-13-30(14-16-31)39(5)20-21-44-6)34-24-29(12-11-19-40-17-9-8-10-18-40)23-32(28(34)4)35(42)37-25-33-26(2)22-27(3)38-36(33)43;1-8-10-19-43-31-17-11-27(12-18-31)28-21-32(35(41)37-23-33-24(3)20-25(4)38-36(33)42)26(5)34(22-28)40(9-2)30-15-13-29(14-16-30)39(6)7;1-6-35(26-11-15-38-16-12-26)29-19-25(8-7-24-9-13-34(5)14-10-24)18-27(23(29)4)30(36)32-20-28-21(2)17-22(3)33-31(28)37;/h22-24,30-31H,7-10,13-21,25H2,1-6H3,(H,37,42)(H,38,43);11-12,17-18,20-22,29-30H,8-10,13-16,19,23H2,1-7H3,(H,37,41)(H,38,42);17-19,24,26H,6,9-16,20H2,1-5H3,(H,32,36)(H,33,37);1H4. The molecular formula is C104H149N13O9. The molecule has 0 bridgehead atoms. The van der Waals surface area contributed by atoms with Gasteiger partial charge in [0.1, 0.15) is 5.75 Å². The summed E-state index contributed by atoms with van der Waals surface area (Å²) in [5.41, 5.74) is 18.1. The van der Waals surface area contributed by atoms with E-state index in [4.69, 9.17) is 14.2 Å². The maximum Gasteiger partial charge on any atom is 0.253 e. The topological polar surface area (TPSA) is 236 Å². The van der Waals surface area contributed by atoms with Crippen molar-refractivity contribution in [1.82, 2.24) is 50.5 Å². The number of nitrogens with zero attached hydrogens (tertiary/aromatic N) is 7. The van der Waals surface area contributed by atoms with E-state index in [1.165, 1.54) is 32.1 Å². The van der Waals surface area contributed by atoms with Gasteiger partial charge in [0, 0.05) is 181 Å². The zero-order valence-electron chi connectivity index (χ0n) is 78.6. The van der Waals surface area contributed by atoms with E-state index in [0.717, 1.165) is 251 Å². The Morgan fingerprint density at radius 3 is 1.34 bits per heavy atom. The molecule has 684 valence electrons. The normalized spacial score (nSPS) is 17.5. The highest BCUT2D eigenvalue weighted by Gasteiger charge is 2.33. The van der Waals surface area contributed by atoms with Gasteiger partial charge in [0.15, 0.2) is 0 Å². The number of aromatic amines is 3. The molecule has 3 aromatic heterocycles. The summed E-state index contributed by atoms with van der Waals surface area (Å²) in [6.45, 7) is 38.3. The van der Waals surface area contributed by atoms with Crippen molar-refractivity contribution in [3.8, 4) is 40.6 Å². The molecule has 126 heavy (non-hydrogen) atoms. The molecule has 22 heteroatoms. The van der Waals surface area contributed by atoms with Crippen molar-refractivity contribution in [2.75, 3.05) is 135 Å². The van der Waals surface area contributed by atoms with E-state index in [2.05, 4.69) is 182 Å². The number of likely N-dealkylation sites (N-methyl/N-ethyl adjacent to an activating group) is 1. The summed E-state index contributed by atoms with van der Waals surface area (Å²) in [7, 11) is 10.5. The van der Waals surface area contributed by atoms with Crippen molar-refractivity contribution in [3.63, 3.8) is 0 Å². The Morgan fingerprint density at radius 1 is 0.492 bits per heavy atom. The van der Waals surface area contributed by atoms with Gasteiger partial charge in [-0.1, -0.05) is 63.0 Å². The number of hydrogen-bond donors (Lipinski definition) is 6. The quantitative estimate of drug-likeness (QED) is 0.0189. The molecule has 0 spiro atoms. The summed E-state index contributed by atoms with van der Waals surface area (Å²) in [5, 5.41) is 9.10. The van der Waals surface area contributed by atoms with Crippen LogP contribution in [0.15, 0.2) is 93.2 Å². The van der Waals surface area contributed by atoms with Gasteiger partial charge in [-0.15, -0.1) is 0 Å². The number of anilines is 3. The van der Waals surface area contributed by atoms with E-state index < -0.39 is 0 Å². The number of rotatable bonds is 29. The lowest BCUT2D eigenvalue weighted by atomic mass is 9.88. The van der Waals surface area contributed by atoms with E-state index >= 15 is 0 Å². The Bertz CT molecular complexity index is 5070. The van der Waals surface area contributed by atoms with Crippen LogP contribution in [0.2, 0.25) is 0 Å². The number of pyridine rings is 3. The molecule has 3 amide bonds.